The summed E-state index contributed by atoms with van der Waals surface area (Å²) in [6.07, 6.45) is 0. The molecule has 4 heteroatoms. The molecule has 0 amide bonds. The number of imidazole rings is 1. The van der Waals surface area contributed by atoms with E-state index in [0.29, 0.717) is 6.61 Å². The average Bonchev–Trinajstić information content (AvgIpc) is 3.11. The van der Waals surface area contributed by atoms with Gasteiger partial charge in [0.25, 0.3) is 0 Å². The van der Waals surface area contributed by atoms with E-state index < -0.39 is 0 Å². The highest BCUT2D eigenvalue weighted by atomic mass is 16.5. The van der Waals surface area contributed by atoms with E-state index in [1.165, 1.54) is 5.56 Å². The molecular weight excluding hydrogens is 336 g/mol. The van der Waals surface area contributed by atoms with Crippen molar-refractivity contribution in [1.29, 1.82) is 0 Å². The van der Waals surface area contributed by atoms with Crippen molar-refractivity contribution in [2.75, 3.05) is 7.11 Å². The first kappa shape index (κ1) is 17.2. The van der Waals surface area contributed by atoms with Crippen LogP contribution in [0.2, 0.25) is 0 Å². The van der Waals surface area contributed by atoms with E-state index in [0.717, 1.165) is 28.4 Å². The Morgan fingerprint density at radius 3 is 2.26 bits per heavy atom. The molecule has 4 aromatic rings. The van der Waals surface area contributed by atoms with Crippen LogP contribution in [-0.4, -0.2) is 16.7 Å². The Bertz CT molecular complexity index is 1020. The lowest BCUT2D eigenvalue weighted by atomic mass is 10.1. The van der Waals surface area contributed by atoms with Crippen LogP contribution >= 0.6 is 0 Å². The largest absolute Gasteiger partial charge is 0.497 e. The standard InChI is InChI=1S/C23H22N2O2/c1-17(18-8-4-3-5-9-18)25-22-11-7-6-10-21(22)24-23(25)16-27-20-14-12-19(26-2)13-15-20/h3-15,17H,16H2,1-2H3. The SMILES string of the molecule is COc1ccc(OCc2nc3ccccc3n2C(C)c2ccccc2)cc1. The Balaban J connectivity index is 1.67. The van der Waals surface area contributed by atoms with Crippen LogP contribution in [0.15, 0.2) is 78.9 Å². The van der Waals surface area contributed by atoms with Crippen LogP contribution in [0.5, 0.6) is 11.5 Å². The van der Waals surface area contributed by atoms with Crippen molar-refractivity contribution in [3.63, 3.8) is 0 Å². The molecule has 0 spiro atoms. The maximum absolute atomic E-state index is 6.01. The summed E-state index contributed by atoms with van der Waals surface area (Å²) in [5.74, 6) is 2.51. The number of benzene rings is 3. The second-order valence-electron chi connectivity index (χ2n) is 6.44. The zero-order valence-electron chi connectivity index (χ0n) is 15.5. The predicted molar refractivity (Wildman–Crippen MR) is 107 cm³/mol. The summed E-state index contributed by atoms with van der Waals surface area (Å²) in [4.78, 5) is 4.82. The van der Waals surface area contributed by atoms with Gasteiger partial charge in [0.15, 0.2) is 0 Å². The molecule has 1 heterocycles. The molecule has 0 radical (unpaired) electrons. The van der Waals surface area contributed by atoms with Crippen LogP contribution in [-0.2, 0) is 6.61 Å². The topological polar surface area (TPSA) is 36.3 Å². The Morgan fingerprint density at radius 2 is 1.52 bits per heavy atom. The zero-order valence-corrected chi connectivity index (χ0v) is 15.5. The molecule has 0 aliphatic rings. The van der Waals surface area contributed by atoms with Gasteiger partial charge in [0.05, 0.1) is 24.2 Å². The fraction of sp³-hybridized carbons (Fsp3) is 0.174. The fourth-order valence-corrected chi connectivity index (χ4v) is 3.33. The van der Waals surface area contributed by atoms with Crippen LogP contribution in [0, 0.1) is 0 Å². The quantitative estimate of drug-likeness (QED) is 0.473. The maximum atomic E-state index is 6.01. The van der Waals surface area contributed by atoms with Gasteiger partial charge in [0.1, 0.15) is 23.9 Å². The van der Waals surface area contributed by atoms with E-state index in [9.17, 15) is 0 Å². The number of hydrogen-bond donors (Lipinski definition) is 0. The number of nitrogens with zero attached hydrogens (tertiary/aromatic N) is 2. The van der Waals surface area contributed by atoms with E-state index in [2.05, 4.69) is 41.8 Å². The normalized spacial score (nSPS) is 12.1. The van der Waals surface area contributed by atoms with Crippen molar-refractivity contribution in [1.82, 2.24) is 9.55 Å². The number of hydrogen-bond acceptors (Lipinski definition) is 3. The van der Waals surface area contributed by atoms with Gasteiger partial charge in [-0.05, 0) is 48.9 Å². The van der Waals surface area contributed by atoms with Crippen LogP contribution in [0.1, 0.15) is 24.4 Å². The molecule has 0 N–H and O–H groups in total. The highest BCUT2D eigenvalue weighted by Crippen LogP contribution is 2.27. The van der Waals surface area contributed by atoms with E-state index in [1.54, 1.807) is 7.11 Å². The molecule has 0 saturated carbocycles. The summed E-state index contributed by atoms with van der Waals surface area (Å²) in [5.41, 5.74) is 3.34. The molecular formula is C23H22N2O2. The second-order valence-corrected chi connectivity index (χ2v) is 6.44. The molecule has 1 atom stereocenters. The summed E-state index contributed by atoms with van der Waals surface area (Å²) in [7, 11) is 1.66. The molecule has 1 aromatic heterocycles. The maximum Gasteiger partial charge on any atom is 0.148 e. The number of methoxy groups -OCH3 is 1. The molecule has 0 aliphatic carbocycles. The first-order valence-electron chi connectivity index (χ1n) is 9.04. The third-order valence-electron chi connectivity index (χ3n) is 4.77. The molecule has 27 heavy (non-hydrogen) atoms. The third kappa shape index (κ3) is 3.51. The van der Waals surface area contributed by atoms with E-state index in [-0.39, 0.29) is 6.04 Å². The Labute approximate surface area is 159 Å². The van der Waals surface area contributed by atoms with Gasteiger partial charge in [0, 0.05) is 0 Å². The van der Waals surface area contributed by atoms with Crippen molar-refractivity contribution in [2.24, 2.45) is 0 Å². The van der Waals surface area contributed by atoms with E-state index in [4.69, 9.17) is 14.5 Å². The Kier molecular flexibility index (Phi) is 4.79. The first-order valence-corrected chi connectivity index (χ1v) is 9.04. The van der Waals surface area contributed by atoms with Crippen LogP contribution < -0.4 is 9.47 Å². The van der Waals surface area contributed by atoms with Gasteiger partial charge in [-0.15, -0.1) is 0 Å². The third-order valence-corrected chi connectivity index (χ3v) is 4.77. The van der Waals surface area contributed by atoms with Gasteiger partial charge in [-0.1, -0.05) is 42.5 Å². The minimum Gasteiger partial charge on any atom is -0.497 e. The molecule has 3 aromatic carbocycles. The number of para-hydroxylation sites is 2. The minimum absolute atomic E-state index is 0.160. The Morgan fingerprint density at radius 1 is 0.852 bits per heavy atom. The molecule has 0 saturated heterocycles. The lowest BCUT2D eigenvalue weighted by molar-refractivity contribution is 0.288. The van der Waals surface area contributed by atoms with Gasteiger partial charge >= 0.3 is 0 Å². The summed E-state index contributed by atoms with van der Waals surface area (Å²) < 4.78 is 13.5. The fourth-order valence-electron chi connectivity index (χ4n) is 3.33. The number of rotatable bonds is 6. The summed E-state index contributed by atoms with van der Waals surface area (Å²) in [5, 5.41) is 0. The Hall–Kier alpha value is -3.27. The summed E-state index contributed by atoms with van der Waals surface area (Å²) in [6, 6.07) is 26.4. The molecule has 136 valence electrons. The van der Waals surface area contributed by atoms with E-state index in [1.807, 2.05) is 48.5 Å². The highest BCUT2D eigenvalue weighted by Gasteiger charge is 2.17. The molecule has 1 unspecified atom stereocenters. The first-order chi connectivity index (χ1) is 13.3. The van der Waals surface area contributed by atoms with Gasteiger partial charge in [0.2, 0.25) is 0 Å². The molecule has 0 bridgehead atoms. The summed E-state index contributed by atoms with van der Waals surface area (Å²) >= 11 is 0. The van der Waals surface area contributed by atoms with Crippen molar-refractivity contribution in [2.45, 2.75) is 19.6 Å². The van der Waals surface area contributed by atoms with Gasteiger partial charge in [-0.3, -0.25) is 0 Å². The summed E-state index contributed by atoms with van der Waals surface area (Å²) in [6.45, 7) is 2.60. The molecule has 0 aliphatic heterocycles. The van der Waals surface area contributed by atoms with Crippen LogP contribution in [0.4, 0.5) is 0 Å². The predicted octanol–water partition coefficient (Wildman–Crippen LogP) is 5.23. The smallest absolute Gasteiger partial charge is 0.148 e. The minimum atomic E-state index is 0.160. The van der Waals surface area contributed by atoms with Crippen LogP contribution in [0.3, 0.4) is 0 Å². The zero-order chi connectivity index (χ0) is 18.6. The van der Waals surface area contributed by atoms with Crippen LogP contribution in [0.25, 0.3) is 11.0 Å². The number of aromatic nitrogens is 2. The van der Waals surface area contributed by atoms with Gasteiger partial charge in [-0.25, -0.2) is 4.98 Å². The van der Waals surface area contributed by atoms with E-state index >= 15 is 0 Å². The molecule has 0 fully saturated rings. The number of fused-ring (bicyclic) bond motifs is 1. The highest BCUT2D eigenvalue weighted by molar-refractivity contribution is 5.76. The monoisotopic (exact) mass is 358 g/mol. The van der Waals surface area contributed by atoms with Crippen molar-refractivity contribution < 1.29 is 9.47 Å². The van der Waals surface area contributed by atoms with Gasteiger partial charge < -0.3 is 14.0 Å². The number of ether oxygens (including phenoxy) is 2. The van der Waals surface area contributed by atoms with Crippen molar-refractivity contribution in [3.05, 3.63) is 90.3 Å². The lowest BCUT2D eigenvalue weighted by Gasteiger charge is -2.18. The molecule has 4 nitrogen and oxygen atoms in total. The van der Waals surface area contributed by atoms with Gasteiger partial charge in [-0.2, -0.15) is 0 Å². The van der Waals surface area contributed by atoms with Crippen molar-refractivity contribution in [3.8, 4) is 11.5 Å². The van der Waals surface area contributed by atoms with Crippen molar-refractivity contribution >= 4 is 11.0 Å². The average molecular weight is 358 g/mol. The second kappa shape index (κ2) is 7.54. The molecule has 4 rings (SSSR count). The lowest BCUT2D eigenvalue weighted by Crippen LogP contribution is -2.12.